The Morgan fingerprint density at radius 3 is 2.55 bits per heavy atom. The molecule has 2 aliphatic heterocycles. The summed E-state index contributed by atoms with van der Waals surface area (Å²) >= 11 is 0. The van der Waals surface area contributed by atoms with Gasteiger partial charge in [-0.15, -0.1) is 0 Å². The normalized spacial score (nSPS) is 48.5. The van der Waals surface area contributed by atoms with Gasteiger partial charge in [-0.2, -0.15) is 0 Å². The number of carbonyl (C=O) groups is 1. The molecular formula is C76H107N7O8S2. The van der Waals surface area contributed by atoms with E-state index in [0.29, 0.717) is 43.1 Å². The lowest BCUT2D eigenvalue weighted by molar-refractivity contribution is -0.263. The van der Waals surface area contributed by atoms with E-state index in [-0.39, 0.29) is 101 Å². The van der Waals surface area contributed by atoms with Crippen LogP contribution in [-0.2, 0) is 4.79 Å². The number of ketones is 1. The summed E-state index contributed by atoms with van der Waals surface area (Å²) in [6.07, 6.45) is 24.9. The summed E-state index contributed by atoms with van der Waals surface area (Å²) in [6, 6.07) is 7.66. The second kappa shape index (κ2) is 22.4. The van der Waals surface area contributed by atoms with Gasteiger partial charge in [-0.1, -0.05) is 82.7 Å². The zero-order valence-electron chi connectivity index (χ0n) is 55.7. The first kappa shape index (κ1) is 63.2. The predicted octanol–water partition coefficient (Wildman–Crippen LogP) is 9.74. The maximum Gasteiger partial charge on any atom is 0.190 e. The fourth-order valence-corrected chi connectivity index (χ4v) is 33.3. The molecule has 17 rings (SSSR count). The number of imidazole rings is 1. The van der Waals surface area contributed by atoms with Crippen LogP contribution >= 0.6 is 21.6 Å². The van der Waals surface area contributed by atoms with E-state index in [1.165, 1.54) is 44.1 Å². The van der Waals surface area contributed by atoms with Gasteiger partial charge in [-0.25, -0.2) is 4.98 Å². The highest BCUT2D eigenvalue weighted by atomic mass is 33.1. The van der Waals surface area contributed by atoms with Gasteiger partial charge in [-0.3, -0.25) is 9.79 Å². The number of piperidine rings is 1. The van der Waals surface area contributed by atoms with Crippen molar-refractivity contribution in [1.29, 1.82) is 0 Å². The third-order valence-corrected chi connectivity index (χ3v) is 34.6. The van der Waals surface area contributed by atoms with Crippen LogP contribution in [0.1, 0.15) is 180 Å². The van der Waals surface area contributed by atoms with Gasteiger partial charge in [0.05, 0.1) is 36.8 Å². The maximum atomic E-state index is 16.8. The molecular weight excluding hydrogens is 1200 g/mol. The van der Waals surface area contributed by atoms with Gasteiger partial charge >= 0.3 is 0 Å². The van der Waals surface area contributed by atoms with E-state index in [9.17, 15) is 25.5 Å². The summed E-state index contributed by atoms with van der Waals surface area (Å²) in [5.74, 6) is -1.18. The number of phenols is 1. The Kier molecular flexibility index (Phi) is 15.2. The number of benzene rings is 1. The fourth-order valence-electron chi connectivity index (χ4n) is 29.1. The summed E-state index contributed by atoms with van der Waals surface area (Å²) in [5.41, 5.74) is 9.74. The second-order valence-corrected chi connectivity index (χ2v) is 37.4. The molecule has 13 aliphatic carbocycles. The zero-order valence-corrected chi connectivity index (χ0v) is 57.3. The van der Waals surface area contributed by atoms with Crippen LogP contribution in [0.5, 0.6) is 5.75 Å². The number of nitrogens with one attached hydrogen (secondary N) is 3. The van der Waals surface area contributed by atoms with Gasteiger partial charge in [0, 0.05) is 82.4 Å². The fraction of sp³-hybridized carbons (Fsp3) is 0.776. The van der Waals surface area contributed by atoms with Gasteiger partial charge in [-0.05, 0) is 260 Å². The van der Waals surface area contributed by atoms with Crippen molar-refractivity contribution in [3.63, 3.8) is 0 Å². The third kappa shape index (κ3) is 8.48. The maximum absolute atomic E-state index is 16.8. The van der Waals surface area contributed by atoms with Crippen molar-refractivity contribution in [3.8, 4) is 5.75 Å². The number of hydrogen-bond acceptors (Lipinski definition) is 14. The summed E-state index contributed by atoms with van der Waals surface area (Å²) < 4.78 is 1.85. The van der Waals surface area contributed by atoms with Crippen LogP contribution in [0.3, 0.4) is 0 Å². The number of aromatic nitrogens is 2. The van der Waals surface area contributed by atoms with E-state index in [2.05, 4.69) is 57.4 Å². The highest BCUT2D eigenvalue weighted by Gasteiger charge is 2.86. The van der Waals surface area contributed by atoms with Crippen molar-refractivity contribution >= 4 is 33.3 Å². The quantitative estimate of drug-likeness (QED) is 0.0387. The van der Waals surface area contributed by atoms with Gasteiger partial charge in [0.2, 0.25) is 0 Å². The Morgan fingerprint density at radius 2 is 1.77 bits per heavy atom. The van der Waals surface area contributed by atoms with Crippen LogP contribution in [0.4, 0.5) is 0 Å². The molecule has 1 aromatic heterocycles. The lowest BCUT2D eigenvalue weighted by Crippen LogP contribution is -2.77. The Bertz CT molecular complexity index is 3420. The molecule has 506 valence electrons. The minimum absolute atomic E-state index is 0.0500. The molecule has 2 aromatic rings. The third-order valence-electron chi connectivity index (χ3n) is 31.1. The van der Waals surface area contributed by atoms with Crippen molar-refractivity contribution in [3.05, 3.63) is 82.5 Å². The summed E-state index contributed by atoms with van der Waals surface area (Å²) in [7, 11) is 5.91. The Morgan fingerprint density at radius 1 is 0.935 bits per heavy atom. The number of aromatic hydroxyl groups is 1. The predicted molar refractivity (Wildman–Crippen MR) is 363 cm³/mol. The van der Waals surface area contributed by atoms with Gasteiger partial charge in [0.15, 0.2) is 11.7 Å². The number of guanidine groups is 1. The van der Waals surface area contributed by atoms with E-state index >= 15 is 15.0 Å². The van der Waals surface area contributed by atoms with E-state index in [0.717, 1.165) is 101 Å². The molecule has 12 N–H and O–H groups in total. The molecule has 93 heavy (non-hydrogen) atoms. The number of nitrogens with two attached hydrogens (primary N) is 1. The van der Waals surface area contributed by atoms with E-state index in [4.69, 9.17) is 15.7 Å². The van der Waals surface area contributed by atoms with E-state index in [1.807, 2.05) is 48.6 Å². The number of phenolic OH excluding ortho intramolecular Hbond substituents is 1. The van der Waals surface area contributed by atoms with Crippen molar-refractivity contribution in [1.82, 2.24) is 25.5 Å². The van der Waals surface area contributed by atoms with Crippen LogP contribution in [-0.4, -0.2) is 138 Å². The number of hydrogen-bond donors (Lipinski definition) is 11. The lowest BCUT2D eigenvalue weighted by Gasteiger charge is -2.75. The molecule has 17 heteroatoms. The first-order valence-corrected chi connectivity index (χ1v) is 39.4. The van der Waals surface area contributed by atoms with E-state index in [1.54, 1.807) is 29.7 Å². The topological polar surface area (TPSA) is 251 Å². The number of nitrogens with zero attached hydrogens (tertiary/aromatic N) is 3. The minimum Gasteiger partial charge on any atom is -0.508 e. The number of aliphatic hydroxyl groups is 6. The average molecular weight is 1310 g/mol. The van der Waals surface area contributed by atoms with Crippen LogP contribution in [0.2, 0.25) is 0 Å². The summed E-state index contributed by atoms with van der Waals surface area (Å²) in [5, 5.41) is 104. The lowest BCUT2D eigenvalue weighted by atomic mass is 9.30. The van der Waals surface area contributed by atoms with Crippen molar-refractivity contribution < 1.29 is 40.5 Å². The standard InChI is InChI=1S/C76H107N7O8S2/c1-41(85)82-68(77)81-38-73-33-44(43-9-5-11-47(86)28-43)32-72-35-56(88)65(89)52(36-78-4)63(72)55(87)29-54(67(72)73)76(91)58-30-53-60-49(16-17-57(73)74(53,76)39-84)48-12-6-13-50-59(48)61(66(60)90)64(51-27-42-14-15-45-10-7-19-71(45,31-42)62(50)51)69(2,3)34-46(83-26-25-80-40-83)37-92-93-75(58)20-8-18-70(75)21-23-79-24-22-70/h5,9,11,25-26,28-29,40-42,44-46,48-49,52-53,56-58,60-63,65-67,78-79,84-86,88-91H,6-8,10,12-24,27,30-39H2,1-4H3,(H3,77,81,82). The van der Waals surface area contributed by atoms with Gasteiger partial charge < -0.3 is 62.0 Å². The minimum atomic E-state index is -1.79. The molecule has 3 heterocycles. The molecule has 1 aromatic carbocycles. The molecule has 15 nitrogen and oxygen atoms in total. The largest absolute Gasteiger partial charge is 0.508 e. The number of fused-ring (bicyclic) bond motifs is 10. The molecule has 6 bridgehead atoms. The molecule has 25 unspecified atom stereocenters. The number of carbonyl (C=O) groups excluding carboxylic acids is 1. The molecule has 25 atom stereocenters. The Labute approximate surface area is 559 Å². The Balaban J connectivity index is 0.974. The number of allylic oxidation sites excluding steroid dienone is 3. The highest BCUT2D eigenvalue weighted by Crippen LogP contribution is 2.86. The van der Waals surface area contributed by atoms with Crippen molar-refractivity contribution in [2.24, 2.45) is 120 Å². The molecule has 0 radical (unpaired) electrons. The summed E-state index contributed by atoms with van der Waals surface area (Å²) in [4.78, 5) is 27.0. The molecule has 0 amide bonds. The molecule has 12 fully saturated rings. The SMILES string of the molecule is CNCC1C(O)C(O)CC23CC(c4cccc(O)c4)CC4(CN=C(N)NC(C)O)C2C(=CC(=O)C13)C1(O)C2CC3C5C(O)C6C7=C(CCCC7C5CCC4C31CO)C1C(=C6C(C)(C)CC(n3ccnc3)CSSC23CCCC32CCNCC2)CC2CCC3CCCC31C2. The molecule has 2 saturated heterocycles. The second-order valence-electron chi connectivity index (χ2n) is 34.7. The smallest absolute Gasteiger partial charge is 0.190 e. The van der Waals surface area contributed by atoms with E-state index < -0.39 is 80.7 Å². The molecule has 15 aliphatic rings. The molecule has 10 saturated carbocycles. The average Bonchev–Trinajstić information content (AvgIpc) is 1.57. The van der Waals surface area contributed by atoms with Crippen LogP contribution in [0.15, 0.2) is 81.9 Å². The monoisotopic (exact) mass is 1310 g/mol. The van der Waals surface area contributed by atoms with Crippen molar-refractivity contribution in [2.75, 3.05) is 45.6 Å². The molecule has 4 spiro atoms. The van der Waals surface area contributed by atoms with Gasteiger partial charge in [0.25, 0.3) is 0 Å². The summed E-state index contributed by atoms with van der Waals surface area (Å²) in [6.45, 7) is 8.57. The van der Waals surface area contributed by atoms with Crippen molar-refractivity contribution in [2.45, 2.75) is 209 Å². The van der Waals surface area contributed by atoms with Gasteiger partial charge in [0.1, 0.15) is 12.0 Å². The number of aliphatic hydroxyl groups excluding tert-OH is 5. The zero-order chi connectivity index (χ0) is 64.1. The first-order valence-electron chi connectivity index (χ1n) is 37.0. The van der Waals surface area contributed by atoms with Crippen LogP contribution in [0.25, 0.3) is 0 Å². The Hall–Kier alpha value is -3.23. The number of rotatable bonds is 8. The first-order chi connectivity index (χ1) is 44.8. The highest BCUT2D eigenvalue weighted by molar-refractivity contribution is 8.77. The van der Waals surface area contributed by atoms with Crippen LogP contribution in [0, 0.1) is 109 Å². The number of aliphatic imine (C=N–C) groups is 1. The van der Waals surface area contributed by atoms with Crippen LogP contribution < -0.4 is 21.7 Å².